The molecule has 1 heterocycles. The first-order chi connectivity index (χ1) is 10.7. The van der Waals surface area contributed by atoms with Crippen LogP contribution in [-0.4, -0.2) is 23.0 Å². The first-order valence-corrected chi connectivity index (χ1v) is 6.85. The fraction of sp³-hybridized carbons (Fsp3) is 0.118. The lowest BCUT2D eigenvalue weighted by molar-refractivity contribution is -0.114. The smallest absolute Gasteiger partial charge is 0.221 e. The van der Waals surface area contributed by atoms with Crippen LogP contribution in [-0.2, 0) is 4.79 Å². The van der Waals surface area contributed by atoms with Crippen molar-refractivity contribution in [1.29, 1.82) is 0 Å². The lowest BCUT2D eigenvalue weighted by atomic mass is 10.1. The third kappa shape index (κ3) is 2.74. The molecule has 22 heavy (non-hydrogen) atoms. The normalized spacial score (nSPS) is 10.5. The number of methoxy groups -OCH3 is 1. The van der Waals surface area contributed by atoms with Gasteiger partial charge in [-0.1, -0.05) is 6.07 Å². The Morgan fingerprint density at radius 1 is 1.14 bits per heavy atom. The van der Waals surface area contributed by atoms with E-state index in [4.69, 9.17) is 4.74 Å². The minimum absolute atomic E-state index is 0.119. The molecule has 0 aliphatic rings. The predicted octanol–water partition coefficient (Wildman–Crippen LogP) is 3.26. The number of amides is 1. The SMILES string of the molecule is COc1ccc(-c2ncc3c(NC(C)=O)cccc3n2)cc1. The summed E-state index contributed by atoms with van der Waals surface area (Å²) in [4.78, 5) is 20.2. The Bertz CT molecular complexity index is 829. The number of aromatic nitrogens is 2. The summed E-state index contributed by atoms with van der Waals surface area (Å²) in [5.41, 5.74) is 2.41. The lowest BCUT2D eigenvalue weighted by Crippen LogP contribution is -2.06. The number of fused-ring (bicyclic) bond motifs is 1. The van der Waals surface area contributed by atoms with Crippen LogP contribution in [0.1, 0.15) is 6.92 Å². The molecule has 5 nitrogen and oxygen atoms in total. The highest BCUT2D eigenvalue weighted by Crippen LogP contribution is 2.25. The Hall–Kier alpha value is -2.95. The van der Waals surface area contributed by atoms with E-state index in [2.05, 4.69) is 15.3 Å². The quantitative estimate of drug-likeness (QED) is 0.805. The summed E-state index contributed by atoms with van der Waals surface area (Å²) in [6.45, 7) is 1.48. The number of carbonyl (C=O) groups excluding carboxylic acids is 1. The molecule has 110 valence electrons. The third-order valence-electron chi connectivity index (χ3n) is 3.28. The Morgan fingerprint density at radius 3 is 2.59 bits per heavy atom. The van der Waals surface area contributed by atoms with Gasteiger partial charge in [0.15, 0.2) is 5.82 Å². The molecule has 0 radical (unpaired) electrons. The van der Waals surface area contributed by atoms with Gasteiger partial charge in [-0.15, -0.1) is 0 Å². The van der Waals surface area contributed by atoms with Gasteiger partial charge in [0.25, 0.3) is 0 Å². The average Bonchev–Trinajstić information content (AvgIpc) is 2.54. The molecule has 0 aliphatic heterocycles. The van der Waals surface area contributed by atoms with Gasteiger partial charge in [0, 0.05) is 24.1 Å². The van der Waals surface area contributed by atoms with Crippen LogP contribution in [0.3, 0.4) is 0 Å². The number of nitrogens with zero attached hydrogens (tertiary/aromatic N) is 2. The second kappa shape index (κ2) is 5.81. The Morgan fingerprint density at radius 2 is 1.91 bits per heavy atom. The third-order valence-corrected chi connectivity index (χ3v) is 3.28. The number of hydrogen-bond acceptors (Lipinski definition) is 4. The molecule has 1 amide bonds. The van der Waals surface area contributed by atoms with Crippen molar-refractivity contribution in [3.05, 3.63) is 48.7 Å². The van der Waals surface area contributed by atoms with Crippen LogP contribution in [0, 0.1) is 0 Å². The first-order valence-electron chi connectivity index (χ1n) is 6.85. The molecule has 5 heteroatoms. The van der Waals surface area contributed by atoms with E-state index in [-0.39, 0.29) is 5.91 Å². The van der Waals surface area contributed by atoms with E-state index in [0.29, 0.717) is 11.5 Å². The topological polar surface area (TPSA) is 64.1 Å². The van der Waals surface area contributed by atoms with E-state index in [0.717, 1.165) is 22.2 Å². The summed E-state index contributed by atoms with van der Waals surface area (Å²) in [5, 5.41) is 3.60. The van der Waals surface area contributed by atoms with E-state index in [1.165, 1.54) is 6.92 Å². The number of nitrogens with one attached hydrogen (secondary N) is 1. The van der Waals surface area contributed by atoms with Gasteiger partial charge in [-0.25, -0.2) is 9.97 Å². The van der Waals surface area contributed by atoms with Crippen LogP contribution >= 0.6 is 0 Å². The zero-order chi connectivity index (χ0) is 15.5. The Kier molecular flexibility index (Phi) is 3.70. The maximum Gasteiger partial charge on any atom is 0.221 e. The van der Waals surface area contributed by atoms with Crippen molar-refractivity contribution in [2.45, 2.75) is 6.92 Å². The van der Waals surface area contributed by atoms with Gasteiger partial charge in [-0.05, 0) is 36.4 Å². The van der Waals surface area contributed by atoms with Crippen LogP contribution in [0.25, 0.3) is 22.3 Å². The monoisotopic (exact) mass is 293 g/mol. The van der Waals surface area contributed by atoms with Crippen molar-refractivity contribution in [1.82, 2.24) is 9.97 Å². The maximum atomic E-state index is 11.2. The van der Waals surface area contributed by atoms with E-state index in [1.807, 2.05) is 42.5 Å². The van der Waals surface area contributed by atoms with E-state index in [1.54, 1.807) is 13.3 Å². The van der Waals surface area contributed by atoms with Crippen LogP contribution in [0.15, 0.2) is 48.7 Å². The minimum atomic E-state index is -0.119. The minimum Gasteiger partial charge on any atom is -0.497 e. The molecule has 0 unspecified atom stereocenters. The summed E-state index contributed by atoms with van der Waals surface area (Å²) in [6.07, 6.45) is 1.73. The van der Waals surface area contributed by atoms with Crippen LogP contribution in [0.4, 0.5) is 5.69 Å². The largest absolute Gasteiger partial charge is 0.497 e. The van der Waals surface area contributed by atoms with Crippen molar-refractivity contribution in [3.8, 4) is 17.1 Å². The van der Waals surface area contributed by atoms with E-state index >= 15 is 0 Å². The standard InChI is InChI=1S/C17H15N3O2/c1-11(21)19-15-4-3-5-16-14(15)10-18-17(20-16)12-6-8-13(22-2)9-7-12/h3-10H,1-2H3,(H,19,21). The number of benzene rings is 2. The molecule has 0 bridgehead atoms. The van der Waals surface area contributed by atoms with Gasteiger partial charge in [0.2, 0.25) is 5.91 Å². The zero-order valence-electron chi connectivity index (χ0n) is 12.3. The maximum absolute atomic E-state index is 11.2. The Balaban J connectivity index is 2.04. The van der Waals surface area contributed by atoms with Gasteiger partial charge >= 0.3 is 0 Å². The lowest BCUT2D eigenvalue weighted by Gasteiger charge is -2.08. The van der Waals surface area contributed by atoms with Crippen molar-refractivity contribution >= 4 is 22.5 Å². The molecule has 0 atom stereocenters. The Labute approximate surface area is 128 Å². The van der Waals surface area contributed by atoms with Gasteiger partial charge in [-0.2, -0.15) is 0 Å². The highest BCUT2D eigenvalue weighted by molar-refractivity contribution is 6.00. The van der Waals surface area contributed by atoms with Crippen molar-refractivity contribution in [2.75, 3.05) is 12.4 Å². The zero-order valence-corrected chi connectivity index (χ0v) is 12.3. The summed E-state index contributed by atoms with van der Waals surface area (Å²) < 4.78 is 5.15. The number of ether oxygens (including phenoxy) is 1. The second-order valence-electron chi connectivity index (χ2n) is 4.84. The van der Waals surface area contributed by atoms with Crippen LogP contribution in [0.5, 0.6) is 5.75 Å². The van der Waals surface area contributed by atoms with Crippen molar-refractivity contribution in [2.24, 2.45) is 0 Å². The van der Waals surface area contributed by atoms with Crippen molar-refractivity contribution < 1.29 is 9.53 Å². The molecule has 2 aromatic carbocycles. The summed E-state index contributed by atoms with van der Waals surface area (Å²) in [5.74, 6) is 1.30. The fourth-order valence-electron chi connectivity index (χ4n) is 2.23. The highest BCUT2D eigenvalue weighted by Gasteiger charge is 2.07. The molecule has 0 fully saturated rings. The molecular formula is C17H15N3O2. The molecule has 3 rings (SSSR count). The number of hydrogen-bond donors (Lipinski definition) is 1. The average molecular weight is 293 g/mol. The van der Waals surface area contributed by atoms with E-state index in [9.17, 15) is 4.79 Å². The van der Waals surface area contributed by atoms with E-state index < -0.39 is 0 Å². The summed E-state index contributed by atoms with van der Waals surface area (Å²) in [7, 11) is 1.63. The summed E-state index contributed by atoms with van der Waals surface area (Å²) >= 11 is 0. The molecule has 0 spiro atoms. The van der Waals surface area contributed by atoms with Crippen LogP contribution in [0.2, 0.25) is 0 Å². The molecule has 0 aliphatic carbocycles. The second-order valence-corrected chi connectivity index (χ2v) is 4.84. The molecule has 3 aromatic rings. The van der Waals surface area contributed by atoms with Gasteiger partial charge in [0.05, 0.1) is 18.3 Å². The molecule has 1 N–H and O–H groups in total. The number of anilines is 1. The van der Waals surface area contributed by atoms with Crippen molar-refractivity contribution in [3.63, 3.8) is 0 Å². The van der Waals surface area contributed by atoms with Gasteiger partial charge in [0.1, 0.15) is 5.75 Å². The number of rotatable bonds is 3. The molecular weight excluding hydrogens is 278 g/mol. The van der Waals surface area contributed by atoms with Gasteiger partial charge in [-0.3, -0.25) is 4.79 Å². The van der Waals surface area contributed by atoms with Crippen LogP contribution < -0.4 is 10.1 Å². The molecule has 1 aromatic heterocycles. The first kappa shape index (κ1) is 14.0. The predicted molar refractivity (Wildman–Crippen MR) is 85.8 cm³/mol. The molecule has 0 saturated carbocycles. The fourth-order valence-corrected chi connectivity index (χ4v) is 2.23. The molecule has 0 saturated heterocycles. The summed E-state index contributed by atoms with van der Waals surface area (Å²) in [6, 6.07) is 13.2. The highest BCUT2D eigenvalue weighted by atomic mass is 16.5. The van der Waals surface area contributed by atoms with Gasteiger partial charge < -0.3 is 10.1 Å². The number of carbonyl (C=O) groups is 1.